The third-order valence-corrected chi connectivity index (χ3v) is 8.45. The number of sulfonamides is 1. The SMILES string of the molecule is CN(C(=O)Cc1ccc2c(c1)N(C)S(=O)(=O)C2)[C@H](CN1CC[C@H](O)C1)c1cccc(OCC(=O)O)c1.S.S. The molecule has 13 heteroatoms. The predicted molar refractivity (Wildman–Crippen MR) is 154 cm³/mol. The van der Waals surface area contributed by atoms with Crippen LogP contribution >= 0.6 is 27.0 Å². The number of aliphatic hydroxyl groups is 1. The number of amides is 1. The number of anilines is 1. The van der Waals surface area contributed by atoms with Gasteiger partial charge in [-0.15, -0.1) is 0 Å². The first-order valence-electron chi connectivity index (χ1n) is 11.7. The number of β-amino-alcohol motifs (C(OH)–C–C–N with tert-alkyl or cyclic N) is 1. The lowest BCUT2D eigenvalue weighted by atomic mass is 10.0. The molecule has 10 nitrogen and oxygen atoms in total. The van der Waals surface area contributed by atoms with Crippen molar-refractivity contribution in [2.45, 2.75) is 30.7 Å². The minimum absolute atomic E-state index is 0. The Morgan fingerprint density at radius 2 is 1.92 bits per heavy atom. The predicted octanol–water partition coefficient (Wildman–Crippen LogP) is 1.46. The Morgan fingerprint density at radius 1 is 1.18 bits per heavy atom. The Hall–Kier alpha value is -2.45. The fourth-order valence-corrected chi connectivity index (χ4v) is 5.98. The van der Waals surface area contributed by atoms with Gasteiger partial charge in [0.1, 0.15) is 5.75 Å². The molecule has 4 rings (SSSR count). The van der Waals surface area contributed by atoms with E-state index in [0.29, 0.717) is 48.6 Å². The van der Waals surface area contributed by atoms with Crippen LogP contribution in [0.15, 0.2) is 42.5 Å². The minimum atomic E-state index is -3.36. The summed E-state index contributed by atoms with van der Waals surface area (Å²) < 4.78 is 31.0. The van der Waals surface area contributed by atoms with E-state index in [1.165, 1.54) is 11.4 Å². The van der Waals surface area contributed by atoms with Gasteiger partial charge in [-0.1, -0.05) is 24.3 Å². The van der Waals surface area contributed by atoms with E-state index >= 15 is 0 Å². The maximum Gasteiger partial charge on any atom is 0.341 e. The third-order valence-electron chi connectivity index (χ3n) is 6.74. The monoisotopic (exact) mass is 585 g/mol. The molecule has 2 aliphatic heterocycles. The first-order valence-corrected chi connectivity index (χ1v) is 13.3. The number of carbonyl (C=O) groups is 2. The standard InChI is InChI=1S/C25H31N3O7S.2H2S/c1-26(24(30)11-17-6-7-19-16-36(33,34)27(2)22(19)10-17)23(14-28-9-8-20(29)13-28)18-4-3-5-21(12-18)35-15-25(31)32;;/h3-7,10,12,20,23,29H,8-9,11,13-16H2,1-2H3,(H,31,32);2*1H2/t20-,23+;;/m0../s1. The van der Waals surface area contributed by atoms with Crippen molar-refractivity contribution in [1.29, 1.82) is 0 Å². The van der Waals surface area contributed by atoms with Gasteiger partial charge in [0.05, 0.1) is 30.0 Å². The Kier molecular flexibility index (Phi) is 10.9. The number of rotatable bonds is 9. The second-order valence-electron chi connectivity index (χ2n) is 9.34. The van der Waals surface area contributed by atoms with Gasteiger partial charge >= 0.3 is 5.97 Å². The summed E-state index contributed by atoms with van der Waals surface area (Å²) in [6.07, 6.45) is 0.348. The summed E-state index contributed by atoms with van der Waals surface area (Å²) in [5.41, 5.74) is 2.80. The van der Waals surface area contributed by atoms with Crippen LogP contribution in [0.25, 0.3) is 0 Å². The number of likely N-dealkylation sites (N-methyl/N-ethyl adjacent to an activating group) is 1. The number of aliphatic hydroxyl groups excluding tert-OH is 1. The molecule has 2 aromatic carbocycles. The number of carbonyl (C=O) groups excluding carboxylic acids is 1. The van der Waals surface area contributed by atoms with Crippen LogP contribution in [-0.4, -0.2) is 86.7 Å². The highest BCUT2D eigenvalue weighted by atomic mass is 32.2. The van der Waals surface area contributed by atoms with Crippen LogP contribution in [0.1, 0.15) is 29.2 Å². The fourth-order valence-electron chi connectivity index (χ4n) is 4.68. The van der Waals surface area contributed by atoms with Crippen molar-refractivity contribution in [2.24, 2.45) is 0 Å². The molecule has 0 saturated carbocycles. The highest BCUT2D eigenvalue weighted by molar-refractivity contribution is 7.92. The van der Waals surface area contributed by atoms with Crippen LogP contribution in [0.2, 0.25) is 0 Å². The van der Waals surface area contributed by atoms with Crippen molar-refractivity contribution < 1.29 is 33.0 Å². The summed E-state index contributed by atoms with van der Waals surface area (Å²) >= 11 is 0. The van der Waals surface area contributed by atoms with Crippen LogP contribution < -0.4 is 9.04 Å². The normalized spacial score (nSPS) is 18.6. The lowest BCUT2D eigenvalue weighted by Crippen LogP contribution is -2.39. The van der Waals surface area contributed by atoms with E-state index in [2.05, 4.69) is 4.90 Å². The number of carboxylic acid groups (broad SMARTS) is 1. The molecule has 0 aromatic heterocycles. The van der Waals surface area contributed by atoms with E-state index in [1.54, 1.807) is 48.3 Å². The van der Waals surface area contributed by atoms with E-state index in [1.807, 2.05) is 6.07 Å². The number of likely N-dealkylation sites (tertiary alicyclic amines) is 1. The van der Waals surface area contributed by atoms with Gasteiger partial charge in [-0.2, -0.15) is 27.0 Å². The average molecular weight is 586 g/mol. The number of nitrogens with zero attached hydrogens (tertiary/aromatic N) is 3. The van der Waals surface area contributed by atoms with Gasteiger partial charge in [0.25, 0.3) is 0 Å². The molecule has 2 aromatic rings. The molecular weight excluding hydrogens is 550 g/mol. The number of ether oxygens (including phenoxy) is 1. The number of benzene rings is 2. The molecule has 2 N–H and O–H groups in total. The molecule has 0 spiro atoms. The topological polar surface area (TPSA) is 128 Å². The van der Waals surface area contributed by atoms with Gasteiger partial charge < -0.3 is 19.8 Å². The maximum atomic E-state index is 13.4. The second-order valence-corrected chi connectivity index (χ2v) is 11.3. The number of hydrogen-bond acceptors (Lipinski definition) is 7. The number of carboxylic acids is 1. The minimum Gasteiger partial charge on any atom is -0.482 e. The molecule has 0 aliphatic carbocycles. The van der Waals surface area contributed by atoms with Crippen LogP contribution in [0.5, 0.6) is 5.75 Å². The smallest absolute Gasteiger partial charge is 0.341 e. The summed E-state index contributed by atoms with van der Waals surface area (Å²) in [7, 11) is -0.135. The lowest BCUT2D eigenvalue weighted by molar-refractivity contribution is -0.139. The molecule has 38 heavy (non-hydrogen) atoms. The van der Waals surface area contributed by atoms with Crippen LogP contribution in [0.4, 0.5) is 5.69 Å². The van der Waals surface area contributed by atoms with Crippen molar-refractivity contribution in [3.8, 4) is 5.75 Å². The van der Waals surface area contributed by atoms with Gasteiger partial charge in [-0.05, 0) is 41.3 Å². The van der Waals surface area contributed by atoms with Gasteiger partial charge in [0.2, 0.25) is 15.9 Å². The summed E-state index contributed by atoms with van der Waals surface area (Å²) in [5.74, 6) is -0.884. The first kappa shape index (κ1) is 31.8. The number of hydrogen-bond donors (Lipinski definition) is 2. The third kappa shape index (κ3) is 7.35. The molecule has 0 bridgehead atoms. The number of aliphatic carboxylic acids is 1. The molecule has 2 heterocycles. The summed E-state index contributed by atoms with van der Waals surface area (Å²) in [4.78, 5) is 28.0. The van der Waals surface area contributed by atoms with Crippen molar-refractivity contribution in [3.05, 3.63) is 59.2 Å². The summed E-state index contributed by atoms with van der Waals surface area (Å²) in [6.45, 7) is 1.25. The first-order chi connectivity index (χ1) is 17.0. The van der Waals surface area contributed by atoms with E-state index in [9.17, 15) is 23.1 Å². The zero-order chi connectivity index (χ0) is 26.0. The molecule has 0 radical (unpaired) electrons. The molecule has 2 atom stereocenters. The quantitative estimate of drug-likeness (QED) is 0.453. The second kappa shape index (κ2) is 13.1. The highest BCUT2D eigenvalue weighted by Gasteiger charge is 2.31. The maximum absolute atomic E-state index is 13.4. The van der Waals surface area contributed by atoms with E-state index < -0.39 is 28.7 Å². The molecule has 210 valence electrons. The van der Waals surface area contributed by atoms with Gasteiger partial charge in [-0.3, -0.25) is 14.0 Å². The zero-order valence-corrected chi connectivity index (χ0v) is 24.1. The average Bonchev–Trinajstić information content (AvgIpc) is 3.35. The fraction of sp³-hybridized carbons (Fsp3) is 0.440. The molecular formula is C25H35N3O7S3. The summed E-state index contributed by atoms with van der Waals surface area (Å²) in [5, 5.41) is 18.9. The lowest BCUT2D eigenvalue weighted by Gasteiger charge is -2.32. The van der Waals surface area contributed by atoms with Gasteiger partial charge in [0.15, 0.2) is 6.61 Å². The molecule has 1 saturated heterocycles. The molecule has 1 amide bonds. The molecule has 1 fully saturated rings. The van der Waals surface area contributed by atoms with Crippen molar-refractivity contribution >= 4 is 54.6 Å². The summed E-state index contributed by atoms with van der Waals surface area (Å²) in [6, 6.07) is 11.9. The Bertz CT molecular complexity index is 1260. The van der Waals surface area contributed by atoms with E-state index in [4.69, 9.17) is 9.84 Å². The van der Waals surface area contributed by atoms with E-state index in [0.717, 1.165) is 5.56 Å². The van der Waals surface area contributed by atoms with Crippen molar-refractivity contribution in [2.75, 3.05) is 44.6 Å². The Morgan fingerprint density at radius 3 is 2.58 bits per heavy atom. The van der Waals surface area contributed by atoms with Crippen molar-refractivity contribution in [1.82, 2.24) is 9.80 Å². The Balaban J connectivity index is 0.00000253. The van der Waals surface area contributed by atoms with Crippen molar-refractivity contribution in [3.63, 3.8) is 0 Å². The highest BCUT2D eigenvalue weighted by Crippen LogP contribution is 2.33. The molecule has 2 aliphatic rings. The van der Waals surface area contributed by atoms with Crippen LogP contribution in [-0.2, 0) is 31.8 Å². The van der Waals surface area contributed by atoms with Gasteiger partial charge in [-0.25, -0.2) is 13.2 Å². The Labute approximate surface area is 237 Å². The van der Waals surface area contributed by atoms with E-state index in [-0.39, 0.29) is 51.1 Å². The van der Waals surface area contributed by atoms with Gasteiger partial charge in [0, 0.05) is 33.7 Å². The van der Waals surface area contributed by atoms with Crippen LogP contribution in [0, 0.1) is 0 Å². The number of fused-ring (bicyclic) bond motifs is 1. The van der Waals surface area contributed by atoms with Crippen LogP contribution in [0.3, 0.4) is 0 Å². The molecule has 0 unspecified atom stereocenters. The zero-order valence-electron chi connectivity index (χ0n) is 21.3. The largest absolute Gasteiger partial charge is 0.482 e.